The van der Waals surface area contributed by atoms with Crippen molar-refractivity contribution < 1.29 is 8.42 Å². The molecular formula is C23H29B2N3O2S. The van der Waals surface area contributed by atoms with Crippen molar-refractivity contribution in [1.29, 1.82) is 0 Å². The highest BCUT2D eigenvalue weighted by atomic mass is 32.2. The molecule has 0 aliphatic heterocycles. The Hall–Kier alpha value is -2.31. The van der Waals surface area contributed by atoms with Crippen LogP contribution in [0.4, 0.5) is 0 Å². The molecule has 0 saturated heterocycles. The third-order valence-corrected chi connectivity index (χ3v) is 8.21. The van der Waals surface area contributed by atoms with Crippen LogP contribution in [0.2, 0.25) is 13.6 Å². The molecular weight excluding hydrogens is 404 g/mol. The highest BCUT2D eigenvalue weighted by Gasteiger charge is 2.38. The van der Waals surface area contributed by atoms with E-state index in [4.69, 9.17) is 0 Å². The standard InChI is InChI=1S/C23H29B2N3O2S/c1-24(18-20-10-5-3-6-11-20)28(25(2)19-21-12-7-4-8-13-21)31(29,30)23-16-17-27(26-23)22-14-9-15-22/h3-8,10-13,16-17,22H,9,14-15,18-19H2,1-2H3. The van der Waals surface area contributed by atoms with Crippen molar-refractivity contribution in [3.63, 3.8) is 0 Å². The average molecular weight is 433 g/mol. The quantitative estimate of drug-likeness (QED) is 0.470. The monoisotopic (exact) mass is 433 g/mol. The summed E-state index contributed by atoms with van der Waals surface area (Å²) in [5, 5.41) is 4.64. The molecule has 160 valence electrons. The van der Waals surface area contributed by atoms with Crippen molar-refractivity contribution in [3.8, 4) is 0 Å². The molecule has 3 aromatic rings. The third kappa shape index (κ3) is 4.96. The Balaban J connectivity index is 1.63. The second-order valence-corrected chi connectivity index (χ2v) is 10.4. The van der Waals surface area contributed by atoms with E-state index in [1.54, 1.807) is 10.2 Å². The van der Waals surface area contributed by atoms with Gasteiger partial charge in [-0.2, -0.15) is 5.10 Å². The maximum atomic E-state index is 13.8. The summed E-state index contributed by atoms with van der Waals surface area (Å²) < 4.78 is 31.1. The molecule has 1 fully saturated rings. The number of hydrogen-bond acceptors (Lipinski definition) is 3. The smallest absolute Gasteiger partial charge is 0.242 e. The van der Waals surface area contributed by atoms with E-state index in [2.05, 4.69) is 29.4 Å². The van der Waals surface area contributed by atoms with Crippen LogP contribution in [0.1, 0.15) is 36.4 Å². The molecule has 1 saturated carbocycles. The maximum Gasteiger partial charge on any atom is 0.242 e. The summed E-state index contributed by atoms with van der Waals surface area (Å²) in [5.41, 5.74) is 2.25. The van der Waals surface area contributed by atoms with Gasteiger partial charge in [-0.15, -0.1) is 0 Å². The van der Waals surface area contributed by atoms with Crippen LogP contribution >= 0.6 is 0 Å². The summed E-state index contributed by atoms with van der Waals surface area (Å²) in [5.74, 6) is 0. The Labute approximate surface area is 186 Å². The Bertz CT molecular complexity index is 1040. The molecule has 1 aromatic heterocycles. The van der Waals surface area contributed by atoms with Gasteiger partial charge in [-0.25, -0.2) is 8.42 Å². The lowest BCUT2D eigenvalue weighted by atomic mass is 9.48. The number of nitrogens with zero attached hydrogens (tertiary/aromatic N) is 3. The third-order valence-electron chi connectivity index (χ3n) is 6.19. The number of aromatic nitrogens is 2. The first-order valence-corrected chi connectivity index (χ1v) is 12.6. The van der Waals surface area contributed by atoms with E-state index in [9.17, 15) is 8.42 Å². The molecule has 0 unspecified atom stereocenters. The number of benzene rings is 2. The van der Waals surface area contributed by atoms with Gasteiger partial charge in [0.1, 0.15) is 0 Å². The molecule has 5 nitrogen and oxygen atoms in total. The van der Waals surface area contributed by atoms with E-state index >= 15 is 0 Å². The second kappa shape index (κ2) is 9.45. The number of rotatable bonds is 9. The van der Waals surface area contributed by atoms with Crippen molar-refractivity contribution in [2.45, 2.75) is 56.6 Å². The molecule has 0 spiro atoms. The molecule has 0 radical (unpaired) electrons. The first kappa shape index (κ1) is 21.9. The topological polar surface area (TPSA) is 55.2 Å². The molecule has 1 heterocycles. The average Bonchev–Trinajstić information content (AvgIpc) is 3.18. The number of hydrogen-bond donors (Lipinski definition) is 0. The minimum Gasteiger partial charge on any atom is -0.276 e. The normalized spacial score (nSPS) is 14.4. The molecule has 0 N–H and O–H groups in total. The van der Waals surface area contributed by atoms with Crippen LogP contribution in [0.5, 0.6) is 0 Å². The fourth-order valence-electron chi connectivity index (χ4n) is 4.42. The first-order valence-electron chi connectivity index (χ1n) is 11.1. The SMILES string of the molecule is CB(Cc1ccccc1)N(B(C)Cc1ccccc1)S(=O)(=O)c1ccn(C2CCC2)n1. The van der Waals surface area contributed by atoms with Crippen molar-refractivity contribution in [1.82, 2.24) is 13.9 Å². The lowest BCUT2D eigenvalue weighted by molar-refractivity contribution is 0.286. The fraction of sp³-hybridized carbons (Fsp3) is 0.348. The summed E-state index contributed by atoms with van der Waals surface area (Å²) in [7, 11) is -3.74. The molecule has 1 aliphatic rings. The highest BCUT2D eigenvalue weighted by Crippen LogP contribution is 2.31. The summed E-state index contributed by atoms with van der Waals surface area (Å²) >= 11 is 0. The van der Waals surface area contributed by atoms with E-state index in [-0.39, 0.29) is 18.7 Å². The van der Waals surface area contributed by atoms with Gasteiger partial charge < -0.3 is 0 Å². The number of sulfonamides is 1. The van der Waals surface area contributed by atoms with Crippen molar-refractivity contribution in [3.05, 3.63) is 84.1 Å². The van der Waals surface area contributed by atoms with Crippen molar-refractivity contribution in [2.75, 3.05) is 0 Å². The van der Waals surface area contributed by atoms with Gasteiger partial charge in [-0.1, -0.05) is 85.4 Å². The Morgan fingerprint density at radius 2 is 1.42 bits per heavy atom. The van der Waals surface area contributed by atoms with Crippen LogP contribution in [-0.4, -0.2) is 36.0 Å². The lowest BCUT2D eigenvalue weighted by Gasteiger charge is -2.30. The van der Waals surface area contributed by atoms with E-state index in [0.29, 0.717) is 18.7 Å². The molecule has 0 atom stereocenters. The van der Waals surface area contributed by atoms with Crippen LogP contribution in [0.25, 0.3) is 0 Å². The van der Waals surface area contributed by atoms with Gasteiger partial charge in [-0.05, 0) is 38.0 Å². The zero-order chi connectivity index (χ0) is 21.8. The molecule has 8 heteroatoms. The zero-order valence-electron chi connectivity index (χ0n) is 18.3. The summed E-state index contributed by atoms with van der Waals surface area (Å²) in [6, 6.07) is 22.1. The van der Waals surface area contributed by atoms with Crippen molar-refractivity contribution in [2.24, 2.45) is 0 Å². The van der Waals surface area contributed by atoms with Gasteiger partial charge in [0.15, 0.2) is 5.03 Å². The van der Waals surface area contributed by atoms with E-state index in [1.165, 1.54) is 6.42 Å². The molecule has 0 amide bonds. The van der Waals surface area contributed by atoms with E-state index in [0.717, 1.165) is 24.0 Å². The summed E-state index contributed by atoms with van der Waals surface area (Å²) in [4.78, 5) is 0. The molecule has 2 aromatic carbocycles. The molecule has 0 bridgehead atoms. The predicted molar refractivity (Wildman–Crippen MR) is 128 cm³/mol. The van der Waals surface area contributed by atoms with Crippen LogP contribution in [0, 0.1) is 0 Å². The van der Waals surface area contributed by atoms with Crippen molar-refractivity contribution >= 4 is 23.7 Å². The van der Waals surface area contributed by atoms with Crippen LogP contribution < -0.4 is 0 Å². The van der Waals surface area contributed by atoms with E-state index in [1.807, 2.05) is 60.9 Å². The second-order valence-electron chi connectivity index (χ2n) is 8.63. The minimum atomic E-state index is -3.74. The zero-order valence-corrected chi connectivity index (χ0v) is 19.1. The van der Waals surface area contributed by atoms with Gasteiger partial charge in [0.05, 0.1) is 6.04 Å². The summed E-state index contributed by atoms with van der Waals surface area (Å²) in [6.07, 6.45) is 6.45. The Morgan fingerprint density at radius 1 is 0.903 bits per heavy atom. The van der Waals surface area contributed by atoms with Gasteiger partial charge >= 0.3 is 0 Å². The molecule has 4 rings (SSSR count). The Kier molecular flexibility index (Phi) is 6.68. The largest absolute Gasteiger partial charge is 0.276 e. The van der Waals surface area contributed by atoms with Crippen LogP contribution in [0.3, 0.4) is 0 Å². The van der Waals surface area contributed by atoms with Gasteiger partial charge in [0, 0.05) is 6.20 Å². The summed E-state index contributed by atoms with van der Waals surface area (Å²) in [6.45, 7) is 3.60. The lowest BCUT2D eigenvalue weighted by Crippen LogP contribution is -2.52. The van der Waals surface area contributed by atoms with Gasteiger partial charge in [0.25, 0.3) is 0 Å². The first-order chi connectivity index (χ1) is 14.9. The molecule has 1 aliphatic carbocycles. The predicted octanol–water partition coefficient (Wildman–Crippen LogP) is 4.41. The fourth-order valence-corrected chi connectivity index (χ4v) is 6.16. The van der Waals surface area contributed by atoms with E-state index < -0.39 is 10.0 Å². The Morgan fingerprint density at radius 3 is 1.87 bits per heavy atom. The highest BCUT2D eigenvalue weighted by molar-refractivity contribution is 7.91. The minimum absolute atomic E-state index is 0.152. The van der Waals surface area contributed by atoms with Crippen LogP contribution in [-0.2, 0) is 22.7 Å². The van der Waals surface area contributed by atoms with Gasteiger partial charge in [0.2, 0.25) is 23.7 Å². The molecule has 31 heavy (non-hydrogen) atoms. The maximum absolute atomic E-state index is 13.8. The van der Waals surface area contributed by atoms with Crippen LogP contribution in [0.15, 0.2) is 78.0 Å². The van der Waals surface area contributed by atoms with Gasteiger partial charge in [-0.3, -0.25) is 8.81 Å².